The summed E-state index contributed by atoms with van der Waals surface area (Å²) in [7, 11) is 0. The fourth-order valence-electron chi connectivity index (χ4n) is 1.35. The largest absolute Gasteiger partial charge is 0.433 e. The number of nitrogens with one attached hydrogen (secondary N) is 1. The molecule has 0 saturated carbocycles. The van der Waals surface area contributed by atoms with E-state index < -0.39 is 16.7 Å². The molecule has 0 atom stereocenters. The van der Waals surface area contributed by atoms with Crippen molar-refractivity contribution in [3.63, 3.8) is 0 Å². The average Bonchev–Trinajstić information content (AvgIpc) is 2.75. The summed E-state index contributed by atoms with van der Waals surface area (Å²) in [6.07, 6.45) is 0.547. The van der Waals surface area contributed by atoms with E-state index in [1.807, 2.05) is 13.8 Å². The summed E-state index contributed by atoms with van der Waals surface area (Å²) in [4.78, 5) is 21.3. The lowest BCUT2D eigenvalue weighted by Crippen LogP contribution is -2.34. The lowest BCUT2D eigenvalue weighted by atomic mass is 9.90. The molecule has 0 bridgehead atoms. The molecule has 1 heterocycles. The van der Waals surface area contributed by atoms with Crippen LogP contribution in [0, 0.1) is 15.5 Å². The zero-order valence-electron chi connectivity index (χ0n) is 10.3. The van der Waals surface area contributed by atoms with E-state index in [1.165, 1.54) is 6.07 Å². The molecule has 1 aromatic heterocycles. The zero-order valence-corrected chi connectivity index (χ0v) is 10.3. The Morgan fingerprint density at radius 2 is 2.22 bits per heavy atom. The molecule has 0 aliphatic heterocycles. The monoisotopic (exact) mass is 256 g/mol. The Hall–Kier alpha value is -1.89. The van der Waals surface area contributed by atoms with Crippen molar-refractivity contribution in [1.29, 1.82) is 0 Å². The zero-order chi connectivity index (χ0) is 13.8. The molecule has 0 unspecified atom stereocenters. The minimum atomic E-state index is -0.702. The van der Waals surface area contributed by atoms with Crippen LogP contribution in [0.5, 0.6) is 0 Å². The van der Waals surface area contributed by atoms with Crippen LogP contribution in [-0.2, 0) is 0 Å². The van der Waals surface area contributed by atoms with Crippen LogP contribution in [0.25, 0.3) is 0 Å². The van der Waals surface area contributed by atoms with Crippen molar-refractivity contribution in [2.24, 2.45) is 5.41 Å². The Morgan fingerprint density at radius 1 is 1.56 bits per heavy atom. The lowest BCUT2D eigenvalue weighted by Gasteiger charge is -2.23. The highest BCUT2D eigenvalue weighted by Crippen LogP contribution is 2.19. The minimum Gasteiger partial charge on any atom is -0.396 e. The summed E-state index contributed by atoms with van der Waals surface area (Å²) in [5, 5.41) is 21.8. The second kappa shape index (κ2) is 5.63. The van der Waals surface area contributed by atoms with Crippen molar-refractivity contribution in [2.75, 3.05) is 13.2 Å². The predicted molar refractivity (Wildman–Crippen MR) is 63.2 cm³/mol. The van der Waals surface area contributed by atoms with Crippen LogP contribution in [0.4, 0.5) is 5.88 Å². The SMILES string of the molecule is CC(C)(CCO)CNC(=O)c1ccc([N+](=O)[O-])o1. The van der Waals surface area contributed by atoms with Gasteiger partial charge >= 0.3 is 5.88 Å². The van der Waals surface area contributed by atoms with Gasteiger partial charge < -0.3 is 14.8 Å². The number of rotatable bonds is 6. The molecule has 0 fully saturated rings. The minimum absolute atomic E-state index is 0.0368. The summed E-state index contributed by atoms with van der Waals surface area (Å²) in [5.74, 6) is -1.06. The highest BCUT2D eigenvalue weighted by molar-refractivity contribution is 5.91. The third-order valence-electron chi connectivity index (χ3n) is 2.51. The van der Waals surface area contributed by atoms with E-state index >= 15 is 0 Å². The highest BCUT2D eigenvalue weighted by Gasteiger charge is 2.21. The molecule has 7 nitrogen and oxygen atoms in total. The van der Waals surface area contributed by atoms with E-state index in [0.717, 1.165) is 6.07 Å². The molecule has 1 amide bonds. The van der Waals surface area contributed by atoms with E-state index in [0.29, 0.717) is 13.0 Å². The van der Waals surface area contributed by atoms with Gasteiger partial charge in [-0.05, 0) is 17.9 Å². The summed E-state index contributed by atoms with van der Waals surface area (Å²) < 4.78 is 4.77. The number of amides is 1. The van der Waals surface area contributed by atoms with Gasteiger partial charge in [0.1, 0.15) is 4.92 Å². The number of carbonyl (C=O) groups excluding carboxylic acids is 1. The topological polar surface area (TPSA) is 106 Å². The number of nitro groups is 1. The van der Waals surface area contributed by atoms with E-state index in [4.69, 9.17) is 9.52 Å². The van der Waals surface area contributed by atoms with E-state index in [9.17, 15) is 14.9 Å². The molecule has 2 N–H and O–H groups in total. The van der Waals surface area contributed by atoms with Gasteiger partial charge in [-0.15, -0.1) is 0 Å². The van der Waals surface area contributed by atoms with Crippen molar-refractivity contribution < 1.29 is 19.2 Å². The standard InChI is InChI=1S/C11H16N2O5/c1-11(2,5-6-14)7-12-10(15)8-3-4-9(18-8)13(16)17/h3-4,14H,5-7H2,1-2H3,(H,12,15). The van der Waals surface area contributed by atoms with Crippen molar-refractivity contribution in [2.45, 2.75) is 20.3 Å². The van der Waals surface area contributed by atoms with E-state index in [-0.39, 0.29) is 17.8 Å². The maximum Gasteiger partial charge on any atom is 0.433 e. The molecular weight excluding hydrogens is 240 g/mol. The average molecular weight is 256 g/mol. The van der Waals surface area contributed by atoms with Crippen LogP contribution >= 0.6 is 0 Å². The Balaban J connectivity index is 2.57. The van der Waals surface area contributed by atoms with Gasteiger partial charge in [0.2, 0.25) is 0 Å². The van der Waals surface area contributed by atoms with Gasteiger partial charge in [0.25, 0.3) is 5.91 Å². The first-order chi connectivity index (χ1) is 8.35. The quantitative estimate of drug-likeness (QED) is 0.590. The second-order valence-electron chi connectivity index (χ2n) is 4.72. The summed E-state index contributed by atoms with van der Waals surface area (Å²) >= 11 is 0. The summed E-state index contributed by atoms with van der Waals surface area (Å²) in [6.45, 7) is 4.18. The van der Waals surface area contributed by atoms with Crippen LogP contribution in [0.3, 0.4) is 0 Å². The Kier molecular flexibility index (Phi) is 4.43. The first-order valence-corrected chi connectivity index (χ1v) is 5.49. The fourth-order valence-corrected chi connectivity index (χ4v) is 1.35. The number of nitrogens with zero attached hydrogens (tertiary/aromatic N) is 1. The van der Waals surface area contributed by atoms with Crippen LogP contribution in [0.2, 0.25) is 0 Å². The van der Waals surface area contributed by atoms with Gasteiger partial charge in [-0.25, -0.2) is 0 Å². The molecule has 0 aliphatic carbocycles. The molecule has 0 saturated heterocycles. The molecule has 0 spiro atoms. The maximum absolute atomic E-state index is 11.6. The Morgan fingerprint density at radius 3 is 2.72 bits per heavy atom. The molecule has 18 heavy (non-hydrogen) atoms. The van der Waals surface area contributed by atoms with Gasteiger partial charge in [-0.1, -0.05) is 13.8 Å². The van der Waals surface area contributed by atoms with Crippen LogP contribution in [0.15, 0.2) is 16.5 Å². The molecule has 0 radical (unpaired) electrons. The summed E-state index contributed by atoms with van der Waals surface area (Å²) in [6, 6.07) is 2.39. The maximum atomic E-state index is 11.6. The first-order valence-electron chi connectivity index (χ1n) is 5.49. The lowest BCUT2D eigenvalue weighted by molar-refractivity contribution is -0.402. The van der Waals surface area contributed by atoms with Crippen molar-refractivity contribution in [1.82, 2.24) is 5.32 Å². The van der Waals surface area contributed by atoms with E-state index in [1.54, 1.807) is 0 Å². The van der Waals surface area contributed by atoms with Gasteiger partial charge in [0.15, 0.2) is 5.76 Å². The van der Waals surface area contributed by atoms with Crippen LogP contribution in [-0.4, -0.2) is 29.1 Å². The Bertz CT molecular complexity index is 438. The molecular formula is C11H16N2O5. The first kappa shape index (κ1) is 14.2. The van der Waals surface area contributed by atoms with Crippen molar-refractivity contribution in [3.05, 3.63) is 28.0 Å². The Labute approximate surface area is 104 Å². The van der Waals surface area contributed by atoms with Crippen molar-refractivity contribution >= 4 is 11.8 Å². The third-order valence-corrected chi connectivity index (χ3v) is 2.51. The normalized spacial score (nSPS) is 11.3. The molecule has 7 heteroatoms. The highest BCUT2D eigenvalue weighted by atomic mass is 16.6. The van der Waals surface area contributed by atoms with Crippen LogP contribution in [0.1, 0.15) is 30.8 Å². The van der Waals surface area contributed by atoms with Gasteiger partial charge in [0, 0.05) is 13.2 Å². The molecule has 1 rings (SSSR count). The second-order valence-corrected chi connectivity index (χ2v) is 4.72. The van der Waals surface area contributed by atoms with Crippen molar-refractivity contribution in [3.8, 4) is 0 Å². The summed E-state index contributed by atoms with van der Waals surface area (Å²) in [5.41, 5.74) is -0.247. The molecule has 100 valence electrons. The number of hydrogen-bond donors (Lipinski definition) is 2. The number of furan rings is 1. The predicted octanol–water partition coefficient (Wildman–Crippen LogP) is 1.33. The molecule has 0 aromatic carbocycles. The molecule has 1 aromatic rings. The number of aliphatic hydroxyl groups is 1. The third kappa shape index (κ3) is 3.85. The van der Waals surface area contributed by atoms with E-state index in [2.05, 4.69) is 5.32 Å². The smallest absolute Gasteiger partial charge is 0.396 e. The van der Waals surface area contributed by atoms with Gasteiger partial charge in [0.05, 0.1) is 6.07 Å². The van der Waals surface area contributed by atoms with Crippen LogP contribution < -0.4 is 5.32 Å². The number of hydrogen-bond acceptors (Lipinski definition) is 5. The molecule has 0 aliphatic rings. The van der Waals surface area contributed by atoms with Gasteiger partial charge in [-0.2, -0.15) is 0 Å². The van der Waals surface area contributed by atoms with Gasteiger partial charge in [-0.3, -0.25) is 14.9 Å². The number of aliphatic hydroxyl groups excluding tert-OH is 1. The number of carbonyl (C=O) groups is 1. The fraction of sp³-hybridized carbons (Fsp3) is 0.545.